The van der Waals surface area contributed by atoms with Gasteiger partial charge >= 0.3 is 0 Å². The summed E-state index contributed by atoms with van der Waals surface area (Å²) in [5.74, 6) is 1.74. The van der Waals surface area contributed by atoms with E-state index in [-0.39, 0.29) is 17.9 Å². The number of amides is 1. The van der Waals surface area contributed by atoms with Gasteiger partial charge in [-0.05, 0) is 41.7 Å². The summed E-state index contributed by atoms with van der Waals surface area (Å²) in [6.45, 7) is 2.07. The van der Waals surface area contributed by atoms with Crippen molar-refractivity contribution in [1.29, 1.82) is 0 Å². The van der Waals surface area contributed by atoms with Crippen LogP contribution in [-0.4, -0.2) is 43.5 Å². The molecule has 3 aromatic rings. The van der Waals surface area contributed by atoms with Gasteiger partial charge in [-0.15, -0.1) is 0 Å². The fraction of sp³-hybridized carbons (Fsp3) is 0.345. The van der Waals surface area contributed by atoms with Gasteiger partial charge in [0.1, 0.15) is 11.5 Å². The van der Waals surface area contributed by atoms with E-state index in [4.69, 9.17) is 9.47 Å². The van der Waals surface area contributed by atoms with Crippen LogP contribution in [0.2, 0.25) is 0 Å². The Morgan fingerprint density at radius 3 is 2.12 bits per heavy atom. The van der Waals surface area contributed by atoms with Crippen LogP contribution in [0.4, 0.5) is 0 Å². The van der Waals surface area contributed by atoms with Crippen molar-refractivity contribution in [1.82, 2.24) is 9.80 Å². The molecule has 0 saturated carbocycles. The van der Waals surface area contributed by atoms with Crippen LogP contribution >= 0.6 is 0 Å². The minimum atomic E-state index is -0.0267. The summed E-state index contributed by atoms with van der Waals surface area (Å²) in [5, 5.41) is 0. The van der Waals surface area contributed by atoms with Crippen LogP contribution in [0.5, 0.6) is 11.5 Å². The van der Waals surface area contributed by atoms with Gasteiger partial charge in [0.2, 0.25) is 5.91 Å². The van der Waals surface area contributed by atoms with Crippen LogP contribution in [0.1, 0.15) is 35.6 Å². The van der Waals surface area contributed by atoms with E-state index in [0.717, 1.165) is 48.6 Å². The number of hydrogen-bond acceptors (Lipinski definition) is 4. The molecule has 1 heterocycles. The fourth-order valence-corrected chi connectivity index (χ4v) is 4.91. The van der Waals surface area contributed by atoms with Gasteiger partial charge in [-0.25, -0.2) is 0 Å². The molecule has 0 aliphatic carbocycles. The Bertz CT molecular complexity index is 1050. The molecule has 1 saturated heterocycles. The molecule has 2 unspecified atom stereocenters. The third-order valence-electron chi connectivity index (χ3n) is 6.65. The number of hydrogen-bond donors (Lipinski definition) is 0. The summed E-state index contributed by atoms with van der Waals surface area (Å²) in [4.78, 5) is 17.7. The number of methoxy groups -OCH3 is 2. The molecule has 5 nitrogen and oxygen atoms in total. The highest BCUT2D eigenvalue weighted by Gasteiger charge is 2.34. The average Bonchev–Trinajstić information content (AvgIpc) is 2.89. The summed E-state index contributed by atoms with van der Waals surface area (Å²) in [6, 6.07) is 27.0. The molecule has 34 heavy (non-hydrogen) atoms. The van der Waals surface area contributed by atoms with Crippen molar-refractivity contribution in [2.75, 3.05) is 27.8 Å². The number of carbonyl (C=O) groups is 1. The molecule has 1 aliphatic rings. The standard InChI is InChI=1S/C29H34N2O3/c1-30(19-22-10-6-4-7-11-22)29(32)25-14-15-28(24-12-8-5-9-13-24)31(21-25)20-23-16-26(33-2)18-27(17-23)34-3/h4-13,16-18,25,28H,14-15,19-21H2,1-3H3. The zero-order valence-corrected chi connectivity index (χ0v) is 20.3. The lowest BCUT2D eigenvalue weighted by Gasteiger charge is -2.40. The Morgan fingerprint density at radius 1 is 0.882 bits per heavy atom. The first kappa shape index (κ1) is 23.8. The highest BCUT2D eigenvalue weighted by Crippen LogP contribution is 2.36. The maximum Gasteiger partial charge on any atom is 0.227 e. The second-order valence-corrected chi connectivity index (χ2v) is 9.03. The summed E-state index contributed by atoms with van der Waals surface area (Å²) in [6.07, 6.45) is 1.83. The number of nitrogens with zero attached hydrogens (tertiary/aromatic N) is 2. The fourth-order valence-electron chi connectivity index (χ4n) is 4.91. The van der Waals surface area contributed by atoms with E-state index in [2.05, 4.69) is 59.5 Å². The highest BCUT2D eigenvalue weighted by molar-refractivity contribution is 5.79. The van der Waals surface area contributed by atoms with Gasteiger partial charge in [0.05, 0.1) is 20.1 Å². The third kappa shape index (κ3) is 5.78. The molecule has 1 amide bonds. The Kier molecular flexibility index (Phi) is 7.86. The number of piperidine rings is 1. The minimum absolute atomic E-state index is 0.0267. The minimum Gasteiger partial charge on any atom is -0.497 e. The normalized spacial score (nSPS) is 18.3. The maximum absolute atomic E-state index is 13.4. The number of rotatable bonds is 8. The lowest BCUT2D eigenvalue weighted by atomic mass is 9.87. The van der Waals surface area contributed by atoms with Crippen molar-refractivity contribution in [3.63, 3.8) is 0 Å². The van der Waals surface area contributed by atoms with E-state index >= 15 is 0 Å². The van der Waals surface area contributed by atoms with E-state index in [1.165, 1.54) is 5.56 Å². The van der Waals surface area contributed by atoms with Crippen LogP contribution < -0.4 is 9.47 Å². The van der Waals surface area contributed by atoms with Gasteiger partial charge in [0.25, 0.3) is 0 Å². The van der Waals surface area contributed by atoms with Crippen LogP contribution in [0, 0.1) is 5.92 Å². The van der Waals surface area contributed by atoms with Gasteiger partial charge in [-0.2, -0.15) is 0 Å². The summed E-state index contributed by atoms with van der Waals surface area (Å²) >= 11 is 0. The highest BCUT2D eigenvalue weighted by atomic mass is 16.5. The van der Waals surface area contributed by atoms with Crippen molar-refractivity contribution in [3.05, 3.63) is 95.6 Å². The second kappa shape index (κ2) is 11.2. The maximum atomic E-state index is 13.4. The van der Waals surface area contributed by atoms with Crippen LogP contribution in [0.25, 0.3) is 0 Å². The summed E-state index contributed by atoms with van der Waals surface area (Å²) in [7, 11) is 5.25. The molecule has 0 spiro atoms. The Hall–Kier alpha value is -3.31. The first-order valence-electron chi connectivity index (χ1n) is 11.9. The van der Waals surface area contributed by atoms with E-state index in [1.54, 1.807) is 14.2 Å². The Labute approximate surface area is 202 Å². The van der Waals surface area contributed by atoms with Crippen molar-refractivity contribution in [2.45, 2.75) is 32.0 Å². The predicted molar refractivity (Wildman–Crippen MR) is 135 cm³/mol. The number of benzene rings is 3. The molecule has 0 aromatic heterocycles. The molecule has 3 aromatic carbocycles. The zero-order chi connectivity index (χ0) is 23.9. The van der Waals surface area contributed by atoms with Crippen molar-refractivity contribution >= 4 is 5.91 Å². The van der Waals surface area contributed by atoms with Gasteiger partial charge < -0.3 is 14.4 Å². The number of carbonyl (C=O) groups excluding carboxylic acids is 1. The summed E-state index contributed by atoms with van der Waals surface area (Å²) in [5.41, 5.74) is 3.56. The molecule has 0 bridgehead atoms. The number of likely N-dealkylation sites (tertiary alicyclic amines) is 1. The second-order valence-electron chi connectivity index (χ2n) is 9.03. The van der Waals surface area contributed by atoms with Crippen molar-refractivity contribution < 1.29 is 14.3 Å². The van der Waals surface area contributed by atoms with Gasteiger partial charge in [-0.1, -0.05) is 60.7 Å². The number of ether oxygens (including phenoxy) is 2. The third-order valence-corrected chi connectivity index (χ3v) is 6.65. The lowest BCUT2D eigenvalue weighted by Crippen LogP contribution is -2.44. The Morgan fingerprint density at radius 2 is 1.50 bits per heavy atom. The molecule has 0 radical (unpaired) electrons. The van der Waals surface area contributed by atoms with Crippen LogP contribution in [0.3, 0.4) is 0 Å². The summed E-state index contributed by atoms with van der Waals surface area (Å²) < 4.78 is 11.0. The van der Waals surface area contributed by atoms with E-state index < -0.39 is 0 Å². The quantitative estimate of drug-likeness (QED) is 0.458. The first-order valence-corrected chi connectivity index (χ1v) is 11.9. The molecular formula is C29H34N2O3. The van der Waals surface area contributed by atoms with E-state index in [1.807, 2.05) is 36.2 Å². The molecule has 2 atom stereocenters. The average molecular weight is 459 g/mol. The van der Waals surface area contributed by atoms with Gasteiger partial charge in [-0.3, -0.25) is 9.69 Å². The van der Waals surface area contributed by atoms with Crippen LogP contribution in [0.15, 0.2) is 78.9 Å². The van der Waals surface area contributed by atoms with E-state index in [0.29, 0.717) is 6.54 Å². The predicted octanol–water partition coefficient (Wildman–Crippen LogP) is 5.32. The lowest BCUT2D eigenvalue weighted by molar-refractivity contribution is -0.137. The molecular weight excluding hydrogens is 424 g/mol. The molecule has 5 heteroatoms. The first-order chi connectivity index (χ1) is 16.6. The van der Waals surface area contributed by atoms with Gasteiger partial charge in [0, 0.05) is 38.8 Å². The van der Waals surface area contributed by atoms with Crippen molar-refractivity contribution in [3.8, 4) is 11.5 Å². The smallest absolute Gasteiger partial charge is 0.227 e. The van der Waals surface area contributed by atoms with Crippen LogP contribution in [-0.2, 0) is 17.9 Å². The molecule has 1 aliphatic heterocycles. The molecule has 1 fully saturated rings. The Balaban J connectivity index is 1.54. The zero-order valence-electron chi connectivity index (χ0n) is 20.3. The topological polar surface area (TPSA) is 42.0 Å². The molecule has 4 rings (SSSR count). The van der Waals surface area contributed by atoms with Gasteiger partial charge in [0.15, 0.2) is 0 Å². The molecule has 178 valence electrons. The largest absolute Gasteiger partial charge is 0.497 e. The molecule has 0 N–H and O–H groups in total. The van der Waals surface area contributed by atoms with Crippen molar-refractivity contribution in [2.24, 2.45) is 5.92 Å². The SMILES string of the molecule is COc1cc(CN2CC(C(=O)N(C)Cc3ccccc3)CCC2c2ccccc2)cc(OC)c1. The van der Waals surface area contributed by atoms with E-state index in [9.17, 15) is 4.79 Å². The monoisotopic (exact) mass is 458 g/mol.